The second-order valence-electron chi connectivity index (χ2n) is 8.41. The zero-order chi connectivity index (χ0) is 22.9. The van der Waals surface area contributed by atoms with Crippen LogP contribution in [0.1, 0.15) is 22.8 Å². The summed E-state index contributed by atoms with van der Waals surface area (Å²) in [5.74, 6) is 0.800. The number of para-hydroxylation sites is 1. The van der Waals surface area contributed by atoms with Gasteiger partial charge in [0.05, 0.1) is 0 Å². The Kier molecular flexibility index (Phi) is 8.50. The molecule has 0 aromatic heterocycles. The summed E-state index contributed by atoms with van der Waals surface area (Å²) >= 11 is 0. The number of hydrogen-bond acceptors (Lipinski definition) is 4. The van der Waals surface area contributed by atoms with Crippen molar-refractivity contribution in [1.82, 2.24) is 20.4 Å². The Morgan fingerprint density at radius 1 is 1.00 bits per heavy atom. The van der Waals surface area contributed by atoms with Crippen molar-refractivity contribution in [3.8, 4) is 0 Å². The van der Waals surface area contributed by atoms with E-state index in [1.807, 2.05) is 24.3 Å². The molecule has 1 heterocycles. The van der Waals surface area contributed by atoms with Gasteiger partial charge < -0.3 is 20.4 Å². The average molecular weight is 437 g/mol. The van der Waals surface area contributed by atoms with Crippen molar-refractivity contribution >= 4 is 17.6 Å². The highest BCUT2D eigenvalue weighted by Crippen LogP contribution is 2.16. The first-order valence-corrected chi connectivity index (χ1v) is 11.3. The number of benzene rings is 2. The fourth-order valence-corrected chi connectivity index (χ4v) is 3.86. The van der Waals surface area contributed by atoms with Gasteiger partial charge in [-0.05, 0) is 36.8 Å². The average Bonchev–Trinajstić information content (AvgIpc) is 2.84. The molecule has 1 fully saturated rings. The van der Waals surface area contributed by atoms with Crippen molar-refractivity contribution in [1.29, 1.82) is 0 Å². The van der Waals surface area contributed by atoms with Crippen LogP contribution in [0.5, 0.6) is 0 Å². The van der Waals surface area contributed by atoms with Crippen LogP contribution in [0.3, 0.4) is 0 Å². The van der Waals surface area contributed by atoms with Gasteiger partial charge in [-0.15, -0.1) is 0 Å². The zero-order valence-corrected chi connectivity index (χ0v) is 19.7. The SMILES string of the molecule is CN=C(NCc1ccc(C(=O)N(C)C)cc1)NCC(C)N1CCN(c2ccccc2)CC1. The van der Waals surface area contributed by atoms with Crippen LogP contribution in [0.2, 0.25) is 0 Å². The second-order valence-corrected chi connectivity index (χ2v) is 8.41. The van der Waals surface area contributed by atoms with Gasteiger partial charge in [0.25, 0.3) is 5.91 Å². The highest BCUT2D eigenvalue weighted by atomic mass is 16.2. The number of anilines is 1. The largest absolute Gasteiger partial charge is 0.369 e. The van der Waals surface area contributed by atoms with E-state index in [-0.39, 0.29) is 5.91 Å². The monoisotopic (exact) mass is 436 g/mol. The van der Waals surface area contributed by atoms with Gasteiger partial charge in [-0.3, -0.25) is 14.7 Å². The van der Waals surface area contributed by atoms with Gasteiger partial charge in [0.15, 0.2) is 5.96 Å². The molecule has 1 atom stereocenters. The minimum atomic E-state index is 0.0144. The standard InChI is InChI=1S/C25H36N6O/c1-20(30-14-16-31(17-15-30)23-8-6-5-7-9-23)18-27-25(26-2)28-19-21-10-12-22(13-11-21)24(32)29(3)4/h5-13,20H,14-19H2,1-4H3,(H2,26,27,28). The molecule has 1 aliphatic rings. The lowest BCUT2D eigenvalue weighted by atomic mass is 10.1. The molecule has 0 radical (unpaired) electrons. The number of carbonyl (C=O) groups excluding carboxylic acids is 1. The number of rotatable bonds is 7. The van der Waals surface area contributed by atoms with E-state index < -0.39 is 0 Å². The van der Waals surface area contributed by atoms with E-state index in [2.05, 4.69) is 62.7 Å². The molecular formula is C25H36N6O. The summed E-state index contributed by atoms with van der Waals surface area (Å²) in [6.45, 7) is 7.96. The predicted molar refractivity (Wildman–Crippen MR) is 132 cm³/mol. The molecule has 172 valence electrons. The molecule has 7 nitrogen and oxygen atoms in total. The number of hydrogen-bond donors (Lipinski definition) is 2. The van der Waals surface area contributed by atoms with E-state index in [4.69, 9.17) is 0 Å². The molecule has 0 bridgehead atoms. The number of nitrogens with one attached hydrogen (secondary N) is 2. The van der Waals surface area contributed by atoms with Crippen molar-refractivity contribution in [3.05, 3.63) is 65.7 Å². The number of guanidine groups is 1. The Balaban J connectivity index is 1.41. The first-order chi connectivity index (χ1) is 15.5. The quantitative estimate of drug-likeness (QED) is 0.515. The van der Waals surface area contributed by atoms with Crippen LogP contribution >= 0.6 is 0 Å². The smallest absolute Gasteiger partial charge is 0.253 e. The Bertz CT molecular complexity index is 873. The number of nitrogens with zero attached hydrogens (tertiary/aromatic N) is 4. The van der Waals surface area contributed by atoms with E-state index in [1.165, 1.54) is 5.69 Å². The Morgan fingerprint density at radius 3 is 2.25 bits per heavy atom. The summed E-state index contributed by atoms with van der Waals surface area (Å²) in [5, 5.41) is 6.81. The second kappa shape index (κ2) is 11.5. The lowest BCUT2D eigenvalue weighted by Crippen LogP contribution is -2.53. The van der Waals surface area contributed by atoms with E-state index in [0.29, 0.717) is 18.2 Å². The fourth-order valence-electron chi connectivity index (χ4n) is 3.86. The van der Waals surface area contributed by atoms with Crippen LogP contribution < -0.4 is 15.5 Å². The summed E-state index contributed by atoms with van der Waals surface area (Å²) in [5.41, 5.74) is 3.11. The van der Waals surface area contributed by atoms with Gasteiger partial charge in [-0.25, -0.2) is 0 Å². The summed E-state index contributed by atoms with van der Waals surface area (Å²) in [7, 11) is 5.31. The third-order valence-corrected chi connectivity index (χ3v) is 5.91. The van der Waals surface area contributed by atoms with E-state index in [9.17, 15) is 4.79 Å². The summed E-state index contributed by atoms with van der Waals surface area (Å²) in [6.07, 6.45) is 0. The number of aliphatic imine (C=N–C) groups is 1. The van der Waals surface area contributed by atoms with Crippen LogP contribution in [0, 0.1) is 0 Å². The van der Waals surface area contributed by atoms with Crippen LogP contribution in [-0.4, -0.2) is 81.6 Å². The maximum Gasteiger partial charge on any atom is 0.253 e. The lowest BCUT2D eigenvalue weighted by Gasteiger charge is -2.39. The van der Waals surface area contributed by atoms with Crippen LogP contribution in [0.15, 0.2) is 59.6 Å². The van der Waals surface area contributed by atoms with Gasteiger partial charge in [0.2, 0.25) is 0 Å². The van der Waals surface area contributed by atoms with E-state index in [1.54, 1.807) is 26.0 Å². The third-order valence-electron chi connectivity index (χ3n) is 5.91. The van der Waals surface area contributed by atoms with Gasteiger partial charge in [-0.1, -0.05) is 30.3 Å². The molecule has 3 rings (SSSR count). The minimum Gasteiger partial charge on any atom is -0.369 e. The molecule has 2 N–H and O–H groups in total. The molecule has 32 heavy (non-hydrogen) atoms. The van der Waals surface area contributed by atoms with E-state index in [0.717, 1.165) is 44.2 Å². The summed E-state index contributed by atoms with van der Waals surface area (Å²) in [6, 6.07) is 18.7. The number of amides is 1. The summed E-state index contributed by atoms with van der Waals surface area (Å²) in [4.78, 5) is 22.9. The minimum absolute atomic E-state index is 0.0144. The first kappa shape index (κ1) is 23.6. The first-order valence-electron chi connectivity index (χ1n) is 11.3. The molecule has 0 saturated carbocycles. The molecule has 1 amide bonds. The Labute approximate surface area is 192 Å². The van der Waals surface area contributed by atoms with Gasteiger partial charge in [-0.2, -0.15) is 0 Å². The van der Waals surface area contributed by atoms with Crippen LogP contribution in [0.4, 0.5) is 5.69 Å². The molecule has 7 heteroatoms. The topological polar surface area (TPSA) is 63.2 Å². The van der Waals surface area contributed by atoms with E-state index >= 15 is 0 Å². The van der Waals surface area contributed by atoms with Gasteiger partial charge in [0.1, 0.15) is 0 Å². The maximum atomic E-state index is 12.0. The molecule has 0 aliphatic carbocycles. The highest BCUT2D eigenvalue weighted by Gasteiger charge is 2.21. The normalized spacial score (nSPS) is 15.9. The fraction of sp³-hybridized carbons (Fsp3) is 0.440. The van der Waals surface area contributed by atoms with Crippen LogP contribution in [-0.2, 0) is 6.54 Å². The molecule has 1 unspecified atom stereocenters. The molecule has 2 aromatic carbocycles. The molecule has 0 spiro atoms. The lowest BCUT2D eigenvalue weighted by molar-refractivity contribution is 0.0827. The molecule has 1 saturated heterocycles. The molecule has 1 aliphatic heterocycles. The van der Waals surface area contributed by atoms with Crippen molar-refractivity contribution < 1.29 is 4.79 Å². The number of piperazine rings is 1. The predicted octanol–water partition coefficient (Wildman–Crippen LogP) is 2.26. The molecular weight excluding hydrogens is 400 g/mol. The van der Waals surface area contributed by atoms with Crippen molar-refractivity contribution in [2.45, 2.75) is 19.5 Å². The van der Waals surface area contributed by atoms with Crippen LogP contribution in [0.25, 0.3) is 0 Å². The molecule has 2 aromatic rings. The van der Waals surface area contributed by atoms with Gasteiger partial charge in [0, 0.05) is 77.7 Å². The van der Waals surface area contributed by atoms with Gasteiger partial charge >= 0.3 is 0 Å². The highest BCUT2D eigenvalue weighted by molar-refractivity contribution is 5.93. The number of carbonyl (C=O) groups is 1. The zero-order valence-electron chi connectivity index (χ0n) is 19.7. The maximum absolute atomic E-state index is 12.0. The van der Waals surface area contributed by atoms with Crippen molar-refractivity contribution in [2.75, 3.05) is 58.8 Å². The Morgan fingerprint density at radius 2 is 1.66 bits per heavy atom. The van der Waals surface area contributed by atoms with Crippen molar-refractivity contribution in [2.24, 2.45) is 4.99 Å². The van der Waals surface area contributed by atoms with Crippen molar-refractivity contribution in [3.63, 3.8) is 0 Å². The Hall–Kier alpha value is -3.06. The third kappa shape index (κ3) is 6.47. The summed E-state index contributed by atoms with van der Waals surface area (Å²) < 4.78 is 0.